The van der Waals surface area contributed by atoms with E-state index in [2.05, 4.69) is 10.6 Å². The molecule has 1 fully saturated rings. The molecule has 0 aromatic heterocycles. The summed E-state index contributed by atoms with van der Waals surface area (Å²) in [5, 5.41) is 5.84. The van der Waals surface area contributed by atoms with Gasteiger partial charge in [-0.05, 0) is 44.0 Å². The van der Waals surface area contributed by atoms with Crippen molar-refractivity contribution in [3.05, 3.63) is 35.1 Å². The van der Waals surface area contributed by atoms with Crippen molar-refractivity contribution in [1.82, 2.24) is 15.5 Å². The van der Waals surface area contributed by atoms with Crippen LogP contribution in [0.1, 0.15) is 30.4 Å². The van der Waals surface area contributed by atoms with Gasteiger partial charge in [0, 0.05) is 38.5 Å². The van der Waals surface area contributed by atoms with Gasteiger partial charge in [-0.25, -0.2) is 4.39 Å². The summed E-state index contributed by atoms with van der Waals surface area (Å²) in [4.78, 5) is 26.0. The highest BCUT2D eigenvalue weighted by Gasteiger charge is 2.26. The fraction of sp³-hybridized carbons (Fsp3) is 0.556. The molecule has 0 saturated carbocycles. The number of hydrogen-bond acceptors (Lipinski definition) is 3. The molecule has 140 valence electrons. The maximum absolute atomic E-state index is 13.5. The zero-order chi connectivity index (χ0) is 17.5. The lowest BCUT2D eigenvalue weighted by Crippen LogP contribution is -2.43. The number of halogens is 2. The Morgan fingerprint density at radius 3 is 2.56 bits per heavy atom. The normalized spacial score (nSPS) is 14.8. The first-order valence-electron chi connectivity index (χ1n) is 8.46. The van der Waals surface area contributed by atoms with Gasteiger partial charge < -0.3 is 15.5 Å². The van der Waals surface area contributed by atoms with Gasteiger partial charge in [-0.2, -0.15) is 0 Å². The molecule has 1 heterocycles. The van der Waals surface area contributed by atoms with E-state index in [0.29, 0.717) is 51.0 Å². The van der Waals surface area contributed by atoms with Crippen molar-refractivity contribution in [3.8, 4) is 0 Å². The topological polar surface area (TPSA) is 61.4 Å². The number of rotatable bonds is 6. The Balaban J connectivity index is 0.00000312. The van der Waals surface area contributed by atoms with Crippen LogP contribution in [0, 0.1) is 18.7 Å². The summed E-state index contributed by atoms with van der Waals surface area (Å²) >= 11 is 0. The first-order valence-corrected chi connectivity index (χ1v) is 8.46. The predicted molar refractivity (Wildman–Crippen MR) is 98.1 cm³/mol. The maximum atomic E-state index is 13.5. The second-order valence-electron chi connectivity index (χ2n) is 6.31. The SMILES string of the molecule is CNCCC(=O)N1CCC(C(=O)NCc2ccc(C)c(F)c2)CC1.Cl. The van der Waals surface area contributed by atoms with Crippen molar-refractivity contribution in [2.75, 3.05) is 26.7 Å². The number of carbonyl (C=O) groups excluding carboxylic acids is 2. The minimum absolute atomic E-state index is 0. The van der Waals surface area contributed by atoms with E-state index in [0.717, 1.165) is 5.56 Å². The summed E-state index contributed by atoms with van der Waals surface area (Å²) in [7, 11) is 1.82. The van der Waals surface area contributed by atoms with Crippen LogP contribution in [0.5, 0.6) is 0 Å². The highest BCUT2D eigenvalue weighted by atomic mass is 35.5. The van der Waals surface area contributed by atoms with E-state index in [-0.39, 0.29) is 36.0 Å². The molecule has 1 aliphatic heterocycles. The highest BCUT2D eigenvalue weighted by Crippen LogP contribution is 2.18. The number of aryl methyl sites for hydroxylation is 1. The summed E-state index contributed by atoms with van der Waals surface area (Å²) in [6.45, 7) is 3.96. The van der Waals surface area contributed by atoms with Gasteiger partial charge in [0.25, 0.3) is 0 Å². The van der Waals surface area contributed by atoms with Crippen molar-refractivity contribution < 1.29 is 14.0 Å². The van der Waals surface area contributed by atoms with Crippen molar-refractivity contribution in [2.45, 2.75) is 32.7 Å². The van der Waals surface area contributed by atoms with E-state index in [4.69, 9.17) is 0 Å². The van der Waals surface area contributed by atoms with E-state index < -0.39 is 0 Å². The molecule has 5 nitrogen and oxygen atoms in total. The Morgan fingerprint density at radius 2 is 1.96 bits per heavy atom. The number of nitrogens with one attached hydrogen (secondary N) is 2. The average molecular weight is 372 g/mol. The Kier molecular flexibility index (Phi) is 8.86. The monoisotopic (exact) mass is 371 g/mol. The van der Waals surface area contributed by atoms with Crippen LogP contribution in [0.25, 0.3) is 0 Å². The zero-order valence-corrected chi connectivity index (χ0v) is 15.6. The molecule has 0 spiro atoms. The Morgan fingerprint density at radius 1 is 1.28 bits per heavy atom. The highest BCUT2D eigenvalue weighted by molar-refractivity contribution is 5.85. The summed E-state index contributed by atoms with van der Waals surface area (Å²) in [5.74, 6) is -0.208. The van der Waals surface area contributed by atoms with E-state index in [1.54, 1.807) is 13.0 Å². The van der Waals surface area contributed by atoms with Crippen LogP contribution in [-0.2, 0) is 16.1 Å². The third-order valence-corrected chi connectivity index (χ3v) is 4.51. The molecule has 2 N–H and O–H groups in total. The maximum Gasteiger partial charge on any atom is 0.223 e. The Bertz CT molecular complexity index is 590. The lowest BCUT2D eigenvalue weighted by Gasteiger charge is -2.31. The van der Waals surface area contributed by atoms with Gasteiger partial charge in [-0.15, -0.1) is 12.4 Å². The molecule has 2 amide bonds. The summed E-state index contributed by atoms with van der Waals surface area (Å²) < 4.78 is 13.5. The fourth-order valence-corrected chi connectivity index (χ4v) is 2.86. The Labute approximate surface area is 154 Å². The van der Waals surface area contributed by atoms with Gasteiger partial charge >= 0.3 is 0 Å². The smallest absolute Gasteiger partial charge is 0.223 e. The van der Waals surface area contributed by atoms with Crippen molar-refractivity contribution in [3.63, 3.8) is 0 Å². The summed E-state index contributed by atoms with van der Waals surface area (Å²) in [5.41, 5.74) is 1.35. The average Bonchev–Trinajstić information content (AvgIpc) is 2.60. The number of piperidine rings is 1. The number of carbonyl (C=O) groups is 2. The number of hydrogen-bond donors (Lipinski definition) is 2. The van der Waals surface area contributed by atoms with Crippen molar-refractivity contribution >= 4 is 24.2 Å². The van der Waals surface area contributed by atoms with Crippen LogP contribution in [0.2, 0.25) is 0 Å². The lowest BCUT2D eigenvalue weighted by atomic mass is 9.95. The minimum Gasteiger partial charge on any atom is -0.352 e. The van der Waals surface area contributed by atoms with Gasteiger partial charge in [0.15, 0.2) is 0 Å². The molecule has 0 atom stereocenters. The van der Waals surface area contributed by atoms with E-state index in [1.807, 2.05) is 18.0 Å². The van der Waals surface area contributed by atoms with Gasteiger partial charge in [0.2, 0.25) is 11.8 Å². The van der Waals surface area contributed by atoms with Crippen molar-refractivity contribution in [1.29, 1.82) is 0 Å². The third kappa shape index (κ3) is 6.29. The quantitative estimate of drug-likeness (QED) is 0.804. The van der Waals surface area contributed by atoms with Crippen LogP contribution < -0.4 is 10.6 Å². The van der Waals surface area contributed by atoms with Crippen molar-refractivity contribution in [2.24, 2.45) is 5.92 Å². The van der Waals surface area contributed by atoms with E-state index in [1.165, 1.54) is 6.07 Å². The fourth-order valence-electron chi connectivity index (χ4n) is 2.86. The van der Waals surface area contributed by atoms with Crippen LogP contribution in [0.4, 0.5) is 4.39 Å². The van der Waals surface area contributed by atoms with Crippen LogP contribution in [0.15, 0.2) is 18.2 Å². The second kappa shape index (κ2) is 10.4. The summed E-state index contributed by atoms with van der Waals surface area (Å²) in [6.07, 6.45) is 1.85. The number of benzene rings is 1. The second-order valence-corrected chi connectivity index (χ2v) is 6.31. The number of likely N-dealkylation sites (tertiary alicyclic amines) is 1. The Hall–Kier alpha value is -1.66. The molecule has 1 saturated heterocycles. The molecule has 1 aromatic carbocycles. The standard InChI is InChI=1S/C18H26FN3O2.ClH/c1-13-3-4-14(11-16(13)19)12-21-18(24)15-6-9-22(10-7-15)17(23)5-8-20-2;/h3-4,11,15,20H,5-10,12H2,1-2H3,(H,21,24);1H. The molecule has 0 aliphatic carbocycles. The molecule has 0 unspecified atom stereocenters. The molecule has 2 rings (SSSR count). The molecular formula is C18H27ClFN3O2. The predicted octanol–water partition coefficient (Wildman–Crippen LogP) is 2.02. The van der Waals surface area contributed by atoms with Crippen LogP contribution in [-0.4, -0.2) is 43.4 Å². The molecular weight excluding hydrogens is 345 g/mol. The van der Waals surface area contributed by atoms with Crippen LogP contribution in [0.3, 0.4) is 0 Å². The molecule has 1 aliphatic rings. The lowest BCUT2D eigenvalue weighted by molar-refractivity contribution is -0.135. The molecule has 7 heteroatoms. The number of amides is 2. The first-order chi connectivity index (χ1) is 11.5. The van der Waals surface area contributed by atoms with Gasteiger partial charge in [-0.3, -0.25) is 9.59 Å². The van der Waals surface area contributed by atoms with Gasteiger partial charge in [-0.1, -0.05) is 12.1 Å². The van der Waals surface area contributed by atoms with Gasteiger partial charge in [0.05, 0.1) is 0 Å². The molecule has 1 aromatic rings. The summed E-state index contributed by atoms with van der Waals surface area (Å²) in [6, 6.07) is 4.99. The largest absolute Gasteiger partial charge is 0.352 e. The molecule has 0 radical (unpaired) electrons. The molecule has 25 heavy (non-hydrogen) atoms. The zero-order valence-electron chi connectivity index (χ0n) is 14.8. The van der Waals surface area contributed by atoms with Gasteiger partial charge in [0.1, 0.15) is 5.82 Å². The number of nitrogens with zero attached hydrogens (tertiary/aromatic N) is 1. The minimum atomic E-state index is -0.255. The van der Waals surface area contributed by atoms with E-state index >= 15 is 0 Å². The third-order valence-electron chi connectivity index (χ3n) is 4.51. The first kappa shape index (κ1) is 21.4. The molecule has 0 bridgehead atoms. The van der Waals surface area contributed by atoms with Crippen LogP contribution >= 0.6 is 12.4 Å². The van der Waals surface area contributed by atoms with E-state index in [9.17, 15) is 14.0 Å².